The van der Waals surface area contributed by atoms with Crippen molar-refractivity contribution in [3.05, 3.63) is 56.3 Å². The van der Waals surface area contributed by atoms with Crippen molar-refractivity contribution in [1.82, 2.24) is 0 Å². The normalized spacial score (nSPS) is 11.9. The quantitative estimate of drug-likeness (QED) is 0.519. The molecule has 1 atom stereocenters. The molecular formula is C19H19Cl3FNO3. The lowest BCUT2D eigenvalue weighted by Crippen LogP contribution is -2.15. The van der Waals surface area contributed by atoms with E-state index in [2.05, 4.69) is 5.32 Å². The summed E-state index contributed by atoms with van der Waals surface area (Å²) in [4.78, 5) is 10.8. The molecule has 2 aromatic rings. The number of carboxylic acids is 1. The Hall–Kier alpha value is -1.69. The van der Waals surface area contributed by atoms with E-state index < -0.39 is 11.8 Å². The standard InChI is InChI=1S/C19H19Cl3FNO3/c1-3-10(2)24-16-8-13(20)7-12(18(16)23)9-27-19-14(21)4-11(5-15(19)22)6-17(25)26/h4-5,7-8,10,24H,3,6,9H2,1-2H3,(H,25,26). The maximum Gasteiger partial charge on any atom is 0.307 e. The number of hydrogen-bond acceptors (Lipinski definition) is 3. The number of anilines is 1. The van der Waals surface area contributed by atoms with Gasteiger partial charge in [-0.3, -0.25) is 4.79 Å². The van der Waals surface area contributed by atoms with E-state index in [4.69, 9.17) is 44.6 Å². The first-order valence-electron chi connectivity index (χ1n) is 8.28. The van der Waals surface area contributed by atoms with Crippen LogP contribution < -0.4 is 10.1 Å². The summed E-state index contributed by atoms with van der Waals surface area (Å²) in [6.45, 7) is 3.79. The maximum atomic E-state index is 14.7. The number of ether oxygens (including phenoxy) is 1. The van der Waals surface area contributed by atoms with E-state index in [9.17, 15) is 9.18 Å². The average Bonchev–Trinajstić information content (AvgIpc) is 2.57. The first-order chi connectivity index (χ1) is 12.7. The lowest BCUT2D eigenvalue weighted by atomic mass is 10.1. The number of hydrogen-bond donors (Lipinski definition) is 2. The highest BCUT2D eigenvalue weighted by Crippen LogP contribution is 2.35. The molecule has 8 heteroatoms. The number of carboxylic acid groups (broad SMARTS) is 1. The van der Waals surface area contributed by atoms with Crippen LogP contribution in [0.15, 0.2) is 24.3 Å². The number of benzene rings is 2. The molecule has 0 radical (unpaired) electrons. The second-order valence-corrected chi connectivity index (χ2v) is 7.38. The third kappa shape index (κ3) is 5.89. The Morgan fingerprint density at radius 3 is 2.41 bits per heavy atom. The van der Waals surface area contributed by atoms with E-state index >= 15 is 0 Å². The van der Waals surface area contributed by atoms with Crippen molar-refractivity contribution < 1.29 is 19.0 Å². The fourth-order valence-electron chi connectivity index (χ4n) is 2.40. The van der Waals surface area contributed by atoms with Gasteiger partial charge in [0.1, 0.15) is 6.61 Å². The van der Waals surface area contributed by atoms with Gasteiger partial charge in [-0.2, -0.15) is 0 Å². The topological polar surface area (TPSA) is 58.6 Å². The van der Waals surface area contributed by atoms with E-state index in [1.54, 1.807) is 0 Å². The summed E-state index contributed by atoms with van der Waals surface area (Å²) in [6, 6.07) is 5.99. The van der Waals surface area contributed by atoms with Gasteiger partial charge in [0.25, 0.3) is 0 Å². The molecule has 2 N–H and O–H groups in total. The van der Waals surface area contributed by atoms with Crippen LogP contribution in [-0.2, 0) is 17.8 Å². The number of carbonyl (C=O) groups is 1. The minimum Gasteiger partial charge on any atom is -0.486 e. The van der Waals surface area contributed by atoms with Crippen LogP contribution in [0.25, 0.3) is 0 Å². The Labute approximate surface area is 172 Å². The van der Waals surface area contributed by atoms with Crippen LogP contribution >= 0.6 is 34.8 Å². The lowest BCUT2D eigenvalue weighted by Gasteiger charge is -2.17. The van der Waals surface area contributed by atoms with Gasteiger partial charge in [0.05, 0.1) is 22.2 Å². The summed E-state index contributed by atoms with van der Waals surface area (Å²) in [5, 5.41) is 12.6. The van der Waals surface area contributed by atoms with Gasteiger partial charge < -0.3 is 15.2 Å². The Morgan fingerprint density at radius 2 is 1.85 bits per heavy atom. The zero-order chi connectivity index (χ0) is 20.1. The molecular weight excluding hydrogens is 416 g/mol. The van der Waals surface area contributed by atoms with E-state index in [-0.39, 0.29) is 40.4 Å². The molecule has 0 bridgehead atoms. The van der Waals surface area contributed by atoms with Crippen molar-refractivity contribution in [2.45, 2.75) is 39.3 Å². The fourth-order valence-corrected chi connectivity index (χ4v) is 3.28. The van der Waals surface area contributed by atoms with Gasteiger partial charge in [0.15, 0.2) is 11.6 Å². The van der Waals surface area contributed by atoms with Crippen LogP contribution in [0.1, 0.15) is 31.4 Å². The zero-order valence-electron chi connectivity index (χ0n) is 14.8. The molecule has 0 fully saturated rings. The van der Waals surface area contributed by atoms with E-state index in [1.165, 1.54) is 24.3 Å². The van der Waals surface area contributed by atoms with Crippen molar-refractivity contribution in [3.63, 3.8) is 0 Å². The predicted molar refractivity (Wildman–Crippen MR) is 107 cm³/mol. The SMILES string of the molecule is CCC(C)Nc1cc(Cl)cc(COc2c(Cl)cc(CC(=O)O)cc2Cl)c1F. The van der Waals surface area contributed by atoms with Crippen molar-refractivity contribution in [2.24, 2.45) is 0 Å². The average molecular weight is 435 g/mol. The molecule has 0 aliphatic carbocycles. The van der Waals surface area contributed by atoms with Crippen molar-refractivity contribution in [1.29, 1.82) is 0 Å². The van der Waals surface area contributed by atoms with Gasteiger partial charge >= 0.3 is 5.97 Å². The van der Waals surface area contributed by atoms with Crippen LogP contribution in [0.3, 0.4) is 0 Å². The number of halogens is 4. The molecule has 0 heterocycles. The molecule has 0 amide bonds. The Bertz CT molecular complexity index is 822. The van der Waals surface area contributed by atoms with Crippen molar-refractivity contribution >= 4 is 46.5 Å². The molecule has 0 aromatic heterocycles. The molecule has 0 saturated carbocycles. The summed E-state index contributed by atoms with van der Waals surface area (Å²) in [5.41, 5.74) is 0.985. The van der Waals surface area contributed by atoms with Crippen LogP contribution in [0.5, 0.6) is 5.75 Å². The predicted octanol–water partition coefficient (Wildman–Crippen LogP) is 6.20. The summed E-state index contributed by atoms with van der Waals surface area (Å²) in [7, 11) is 0. The molecule has 4 nitrogen and oxygen atoms in total. The van der Waals surface area contributed by atoms with Crippen LogP contribution in [-0.4, -0.2) is 17.1 Å². The maximum absolute atomic E-state index is 14.7. The van der Waals surface area contributed by atoms with E-state index in [0.29, 0.717) is 16.3 Å². The summed E-state index contributed by atoms with van der Waals surface area (Å²) < 4.78 is 20.3. The summed E-state index contributed by atoms with van der Waals surface area (Å²) in [6.07, 6.45) is 0.610. The van der Waals surface area contributed by atoms with Gasteiger partial charge in [-0.05, 0) is 43.2 Å². The third-order valence-corrected chi connectivity index (χ3v) is 4.69. The molecule has 1 unspecified atom stereocenters. The van der Waals surface area contributed by atoms with E-state index in [0.717, 1.165) is 6.42 Å². The van der Waals surface area contributed by atoms with Gasteiger partial charge in [0.2, 0.25) is 0 Å². The fraction of sp³-hybridized carbons (Fsp3) is 0.316. The van der Waals surface area contributed by atoms with Crippen LogP contribution in [0.2, 0.25) is 15.1 Å². The Balaban J connectivity index is 2.22. The molecule has 0 aliphatic heterocycles. The number of nitrogens with one attached hydrogen (secondary N) is 1. The van der Waals surface area contributed by atoms with Gasteiger partial charge in [-0.25, -0.2) is 4.39 Å². The second-order valence-electron chi connectivity index (χ2n) is 6.13. The first kappa shape index (κ1) is 21.6. The Kier molecular flexibility index (Phi) is 7.59. The van der Waals surface area contributed by atoms with Crippen molar-refractivity contribution in [2.75, 3.05) is 5.32 Å². The summed E-state index contributed by atoms with van der Waals surface area (Å²) >= 11 is 18.4. The largest absolute Gasteiger partial charge is 0.486 e. The number of aliphatic carboxylic acids is 1. The molecule has 0 saturated heterocycles. The highest BCUT2D eigenvalue weighted by Gasteiger charge is 2.16. The Morgan fingerprint density at radius 1 is 1.22 bits per heavy atom. The van der Waals surface area contributed by atoms with Gasteiger partial charge in [-0.15, -0.1) is 0 Å². The van der Waals surface area contributed by atoms with Crippen LogP contribution in [0.4, 0.5) is 10.1 Å². The molecule has 0 aliphatic rings. The molecule has 2 rings (SSSR count). The monoisotopic (exact) mass is 433 g/mol. The smallest absolute Gasteiger partial charge is 0.307 e. The molecule has 0 spiro atoms. The highest BCUT2D eigenvalue weighted by atomic mass is 35.5. The second kappa shape index (κ2) is 9.49. The summed E-state index contributed by atoms with van der Waals surface area (Å²) in [5.74, 6) is -1.31. The molecule has 146 valence electrons. The highest BCUT2D eigenvalue weighted by molar-refractivity contribution is 6.37. The minimum absolute atomic E-state index is 0.0809. The zero-order valence-corrected chi connectivity index (χ0v) is 17.1. The third-order valence-electron chi connectivity index (χ3n) is 3.91. The lowest BCUT2D eigenvalue weighted by molar-refractivity contribution is -0.136. The molecule has 2 aromatic carbocycles. The minimum atomic E-state index is -1.00. The van der Waals surface area contributed by atoms with Gasteiger partial charge in [0, 0.05) is 16.6 Å². The number of rotatable bonds is 8. The van der Waals surface area contributed by atoms with Crippen molar-refractivity contribution in [3.8, 4) is 5.75 Å². The van der Waals surface area contributed by atoms with Crippen LogP contribution in [0, 0.1) is 5.82 Å². The van der Waals surface area contributed by atoms with Gasteiger partial charge in [-0.1, -0.05) is 41.7 Å². The van der Waals surface area contributed by atoms with E-state index in [1.807, 2.05) is 13.8 Å². The molecule has 27 heavy (non-hydrogen) atoms. The first-order valence-corrected chi connectivity index (χ1v) is 9.41.